The van der Waals surface area contributed by atoms with Crippen molar-refractivity contribution in [1.29, 1.82) is 0 Å². The average Bonchev–Trinajstić information content (AvgIpc) is 2.24. The molecule has 0 saturated carbocycles. The van der Waals surface area contributed by atoms with E-state index in [0.717, 1.165) is 32.4 Å². The number of nitrogens with zero attached hydrogens (tertiary/aromatic N) is 1. The third-order valence-electron chi connectivity index (χ3n) is 2.06. The zero-order valence-electron chi connectivity index (χ0n) is 10.00. The normalized spacial score (nSPS) is 10.3. The lowest BCUT2D eigenvalue weighted by atomic mass is 10.3. The molecule has 15 heavy (non-hydrogen) atoms. The number of amides is 1. The van der Waals surface area contributed by atoms with Crippen LogP contribution in [0.5, 0.6) is 0 Å². The van der Waals surface area contributed by atoms with E-state index in [1.54, 1.807) is 0 Å². The Bertz CT molecular complexity index is 157. The van der Waals surface area contributed by atoms with Crippen LogP contribution < -0.4 is 5.73 Å². The first-order valence-corrected chi connectivity index (χ1v) is 5.81. The topological polar surface area (TPSA) is 55.6 Å². The van der Waals surface area contributed by atoms with Crippen molar-refractivity contribution < 1.29 is 9.53 Å². The molecule has 4 heteroatoms. The molecule has 0 aliphatic heterocycles. The number of carbonyl (C=O) groups is 1. The Kier molecular flexibility index (Phi) is 9.52. The van der Waals surface area contributed by atoms with Gasteiger partial charge in [-0.1, -0.05) is 13.8 Å². The SMILES string of the molecule is CCCN(CCC)C(=O)COCCCN. The largest absolute Gasteiger partial charge is 0.372 e. The maximum Gasteiger partial charge on any atom is 0.248 e. The van der Waals surface area contributed by atoms with Crippen molar-refractivity contribution in [2.75, 3.05) is 32.8 Å². The summed E-state index contributed by atoms with van der Waals surface area (Å²) in [7, 11) is 0. The van der Waals surface area contributed by atoms with Crippen LogP contribution in [0.4, 0.5) is 0 Å². The number of rotatable bonds is 9. The van der Waals surface area contributed by atoms with Gasteiger partial charge in [0.25, 0.3) is 0 Å². The van der Waals surface area contributed by atoms with E-state index in [1.165, 1.54) is 0 Å². The summed E-state index contributed by atoms with van der Waals surface area (Å²) in [5.41, 5.74) is 5.33. The lowest BCUT2D eigenvalue weighted by Crippen LogP contribution is -2.35. The second-order valence-electron chi connectivity index (χ2n) is 3.58. The summed E-state index contributed by atoms with van der Waals surface area (Å²) in [6, 6.07) is 0. The van der Waals surface area contributed by atoms with Gasteiger partial charge in [0.05, 0.1) is 0 Å². The Labute approximate surface area is 92.8 Å². The molecule has 0 unspecified atom stereocenters. The Morgan fingerprint density at radius 3 is 2.33 bits per heavy atom. The summed E-state index contributed by atoms with van der Waals surface area (Å²) in [5.74, 6) is 0.0933. The molecule has 0 aromatic carbocycles. The number of hydrogen-bond acceptors (Lipinski definition) is 3. The predicted molar refractivity (Wildman–Crippen MR) is 61.7 cm³/mol. The van der Waals surface area contributed by atoms with Crippen LogP contribution in [-0.2, 0) is 9.53 Å². The standard InChI is InChI=1S/C11H24N2O2/c1-3-7-13(8-4-2)11(14)10-15-9-5-6-12/h3-10,12H2,1-2H3. The van der Waals surface area contributed by atoms with Gasteiger partial charge in [0.1, 0.15) is 6.61 Å². The van der Waals surface area contributed by atoms with E-state index in [-0.39, 0.29) is 12.5 Å². The van der Waals surface area contributed by atoms with Gasteiger partial charge in [-0.3, -0.25) is 4.79 Å². The first kappa shape index (κ1) is 14.4. The minimum atomic E-state index is 0.0933. The lowest BCUT2D eigenvalue weighted by Gasteiger charge is -2.21. The Balaban J connectivity index is 3.70. The highest BCUT2D eigenvalue weighted by Gasteiger charge is 2.10. The number of ether oxygens (including phenoxy) is 1. The smallest absolute Gasteiger partial charge is 0.248 e. The minimum Gasteiger partial charge on any atom is -0.372 e. The summed E-state index contributed by atoms with van der Waals surface area (Å²) in [6.45, 7) is 7.19. The first-order valence-electron chi connectivity index (χ1n) is 5.81. The van der Waals surface area contributed by atoms with Crippen LogP contribution in [-0.4, -0.2) is 43.7 Å². The van der Waals surface area contributed by atoms with E-state index in [2.05, 4.69) is 13.8 Å². The average molecular weight is 216 g/mol. The first-order chi connectivity index (χ1) is 7.26. The second-order valence-corrected chi connectivity index (χ2v) is 3.58. The van der Waals surface area contributed by atoms with Crippen molar-refractivity contribution in [1.82, 2.24) is 4.90 Å². The Hall–Kier alpha value is -0.610. The van der Waals surface area contributed by atoms with Crippen LogP contribution in [0, 0.1) is 0 Å². The van der Waals surface area contributed by atoms with Gasteiger partial charge in [0.15, 0.2) is 0 Å². The summed E-state index contributed by atoms with van der Waals surface area (Å²) in [4.78, 5) is 13.5. The van der Waals surface area contributed by atoms with Crippen molar-refractivity contribution in [3.05, 3.63) is 0 Å². The predicted octanol–water partition coefficient (Wildman–Crippen LogP) is 1.00. The van der Waals surface area contributed by atoms with Crippen LogP contribution in [0.2, 0.25) is 0 Å². The van der Waals surface area contributed by atoms with E-state index in [1.807, 2.05) is 4.90 Å². The molecule has 0 atom stereocenters. The van der Waals surface area contributed by atoms with Crippen molar-refractivity contribution in [3.63, 3.8) is 0 Å². The fourth-order valence-corrected chi connectivity index (χ4v) is 1.34. The van der Waals surface area contributed by atoms with E-state index in [0.29, 0.717) is 13.2 Å². The third kappa shape index (κ3) is 7.33. The molecule has 0 spiro atoms. The third-order valence-corrected chi connectivity index (χ3v) is 2.06. The summed E-state index contributed by atoms with van der Waals surface area (Å²) in [6.07, 6.45) is 2.80. The van der Waals surface area contributed by atoms with E-state index < -0.39 is 0 Å². The Morgan fingerprint density at radius 1 is 1.27 bits per heavy atom. The van der Waals surface area contributed by atoms with E-state index in [4.69, 9.17) is 10.5 Å². The summed E-state index contributed by atoms with van der Waals surface area (Å²) < 4.78 is 5.24. The second kappa shape index (κ2) is 9.93. The fraction of sp³-hybridized carbons (Fsp3) is 0.909. The molecule has 0 heterocycles. The van der Waals surface area contributed by atoms with Crippen LogP contribution in [0.25, 0.3) is 0 Å². The molecule has 4 nitrogen and oxygen atoms in total. The zero-order valence-corrected chi connectivity index (χ0v) is 10.00. The number of nitrogens with two attached hydrogens (primary N) is 1. The molecule has 0 radical (unpaired) electrons. The van der Waals surface area contributed by atoms with E-state index >= 15 is 0 Å². The van der Waals surface area contributed by atoms with Crippen molar-refractivity contribution in [3.8, 4) is 0 Å². The van der Waals surface area contributed by atoms with Crippen molar-refractivity contribution in [2.45, 2.75) is 33.1 Å². The van der Waals surface area contributed by atoms with Gasteiger partial charge in [-0.15, -0.1) is 0 Å². The van der Waals surface area contributed by atoms with Crippen LogP contribution in [0.1, 0.15) is 33.1 Å². The van der Waals surface area contributed by atoms with Gasteiger partial charge in [-0.25, -0.2) is 0 Å². The monoisotopic (exact) mass is 216 g/mol. The molecule has 1 amide bonds. The molecular formula is C11H24N2O2. The van der Waals surface area contributed by atoms with Gasteiger partial charge in [0, 0.05) is 19.7 Å². The molecule has 90 valence electrons. The van der Waals surface area contributed by atoms with Gasteiger partial charge in [-0.05, 0) is 25.8 Å². The molecule has 0 saturated heterocycles. The molecule has 0 rings (SSSR count). The lowest BCUT2D eigenvalue weighted by molar-refractivity contribution is -0.136. The highest BCUT2D eigenvalue weighted by molar-refractivity contribution is 5.77. The molecule has 0 aliphatic carbocycles. The molecule has 2 N–H and O–H groups in total. The van der Waals surface area contributed by atoms with Gasteiger partial charge >= 0.3 is 0 Å². The number of carbonyl (C=O) groups excluding carboxylic acids is 1. The molecular weight excluding hydrogens is 192 g/mol. The Morgan fingerprint density at radius 2 is 1.87 bits per heavy atom. The van der Waals surface area contributed by atoms with Crippen molar-refractivity contribution in [2.24, 2.45) is 5.73 Å². The maximum absolute atomic E-state index is 11.7. The summed E-state index contributed by atoms with van der Waals surface area (Å²) >= 11 is 0. The molecule has 0 aromatic rings. The van der Waals surface area contributed by atoms with Gasteiger partial charge in [-0.2, -0.15) is 0 Å². The number of hydrogen-bond donors (Lipinski definition) is 1. The highest BCUT2D eigenvalue weighted by Crippen LogP contribution is 1.96. The molecule has 0 aliphatic rings. The fourth-order valence-electron chi connectivity index (χ4n) is 1.34. The van der Waals surface area contributed by atoms with Crippen LogP contribution in [0.3, 0.4) is 0 Å². The summed E-state index contributed by atoms with van der Waals surface area (Å²) in [5, 5.41) is 0. The van der Waals surface area contributed by atoms with Crippen LogP contribution >= 0.6 is 0 Å². The zero-order chi connectivity index (χ0) is 11.5. The molecule has 0 bridgehead atoms. The highest BCUT2D eigenvalue weighted by atomic mass is 16.5. The van der Waals surface area contributed by atoms with Gasteiger partial charge in [0.2, 0.25) is 5.91 Å². The molecule has 0 fully saturated rings. The minimum absolute atomic E-state index is 0.0933. The quantitative estimate of drug-likeness (QED) is 0.585. The molecule has 0 aromatic heterocycles. The van der Waals surface area contributed by atoms with Crippen molar-refractivity contribution >= 4 is 5.91 Å². The van der Waals surface area contributed by atoms with Crippen LogP contribution in [0.15, 0.2) is 0 Å². The van der Waals surface area contributed by atoms with E-state index in [9.17, 15) is 4.79 Å². The van der Waals surface area contributed by atoms with Gasteiger partial charge < -0.3 is 15.4 Å². The maximum atomic E-state index is 11.7.